The number of carbonyl (C=O) groups excluding carboxylic acids is 1. The van der Waals surface area contributed by atoms with Gasteiger partial charge in [-0.1, -0.05) is 6.07 Å². The lowest BCUT2D eigenvalue weighted by Gasteiger charge is -2.14. The molecule has 0 saturated heterocycles. The van der Waals surface area contributed by atoms with Crippen LogP contribution in [0.25, 0.3) is 11.0 Å². The zero-order valence-corrected chi connectivity index (χ0v) is 12.6. The molecule has 1 heterocycles. The van der Waals surface area contributed by atoms with Crippen LogP contribution in [-0.2, 0) is 18.3 Å². The Balaban J connectivity index is 1.63. The Morgan fingerprint density at radius 2 is 2.32 bits per heavy atom. The van der Waals surface area contributed by atoms with E-state index < -0.39 is 6.10 Å². The number of benzene rings is 1. The number of aliphatic hydroxyl groups excluding tert-OH is 1. The first-order valence-corrected chi connectivity index (χ1v) is 7.63. The van der Waals surface area contributed by atoms with Gasteiger partial charge < -0.3 is 15.0 Å². The zero-order valence-electron chi connectivity index (χ0n) is 12.6. The number of amides is 1. The fraction of sp³-hybridized carbons (Fsp3) is 0.500. The van der Waals surface area contributed by atoms with Gasteiger partial charge in [0, 0.05) is 20.0 Å². The number of carbonyl (C=O) groups is 1. The molecule has 5 nitrogen and oxygen atoms in total. The Labute approximate surface area is 128 Å². The van der Waals surface area contributed by atoms with Crippen LogP contribution in [-0.4, -0.2) is 33.2 Å². The average Bonchev–Trinajstić information content (AvgIpc) is 3.05. The summed E-state index contributed by atoms with van der Waals surface area (Å²) >= 11 is 0. The summed E-state index contributed by atoms with van der Waals surface area (Å²) in [5.41, 5.74) is 1.10. The highest BCUT2D eigenvalue weighted by atomic mass is 19.1. The first-order chi connectivity index (χ1) is 10.6. The van der Waals surface area contributed by atoms with Gasteiger partial charge in [0.25, 0.3) is 0 Å². The second kappa shape index (κ2) is 6.04. The topological polar surface area (TPSA) is 67.2 Å². The fourth-order valence-corrected chi connectivity index (χ4v) is 3.13. The molecule has 6 heteroatoms. The largest absolute Gasteiger partial charge is 0.392 e. The third-order valence-corrected chi connectivity index (χ3v) is 4.42. The molecule has 1 saturated carbocycles. The van der Waals surface area contributed by atoms with Crippen LogP contribution in [0.1, 0.15) is 25.1 Å². The number of fused-ring (bicyclic) bond motifs is 1. The Bertz CT molecular complexity index is 698. The van der Waals surface area contributed by atoms with Gasteiger partial charge in [0.1, 0.15) is 11.3 Å². The summed E-state index contributed by atoms with van der Waals surface area (Å²) in [5.74, 6) is -0.00216. The van der Waals surface area contributed by atoms with Crippen molar-refractivity contribution in [2.75, 3.05) is 6.54 Å². The number of rotatable bonds is 4. The summed E-state index contributed by atoms with van der Waals surface area (Å²) in [7, 11) is 1.84. The molecule has 1 aliphatic rings. The number of para-hydroxylation sites is 1. The number of halogens is 1. The van der Waals surface area contributed by atoms with E-state index in [0.29, 0.717) is 24.9 Å². The van der Waals surface area contributed by atoms with E-state index in [1.54, 1.807) is 6.07 Å². The highest BCUT2D eigenvalue weighted by Gasteiger charge is 2.31. The van der Waals surface area contributed by atoms with E-state index >= 15 is 0 Å². The van der Waals surface area contributed by atoms with E-state index in [4.69, 9.17) is 0 Å². The van der Waals surface area contributed by atoms with Crippen LogP contribution in [0.4, 0.5) is 4.39 Å². The summed E-state index contributed by atoms with van der Waals surface area (Å²) in [6.07, 6.45) is 2.33. The van der Waals surface area contributed by atoms with Crippen LogP contribution in [0.15, 0.2) is 18.2 Å². The standard InChI is InChI=1S/C16H20FN3O2/c1-20-12-6-3-5-11(17)15(12)19-14(20)8-9-18-16(22)10-4-2-7-13(10)21/h3,5-6,10,13,21H,2,4,7-9H2,1H3,(H,18,22). The lowest BCUT2D eigenvalue weighted by molar-refractivity contribution is -0.127. The number of nitrogens with one attached hydrogen (secondary N) is 1. The van der Waals surface area contributed by atoms with E-state index in [9.17, 15) is 14.3 Å². The molecular formula is C16H20FN3O2. The van der Waals surface area contributed by atoms with Gasteiger partial charge in [-0.05, 0) is 31.4 Å². The predicted octanol–water partition coefficient (Wildman–Crippen LogP) is 1.53. The van der Waals surface area contributed by atoms with Gasteiger partial charge in [0.05, 0.1) is 17.5 Å². The van der Waals surface area contributed by atoms with Crippen molar-refractivity contribution in [3.05, 3.63) is 29.8 Å². The molecule has 22 heavy (non-hydrogen) atoms. The SMILES string of the molecule is Cn1c(CCNC(=O)C2CCCC2O)nc2c(F)cccc21. The van der Waals surface area contributed by atoms with E-state index in [1.807, 2.05) is 17.7 Å². The summed E-state index contributed by atoms with van der Waals surface area (Å²) in [5, 5.41) is 12.6. The molecule has 1 aromatic heterocycles. The third kappa shape index (κ3) is 2.70. The van der Waals surface area contributed by atoms with Gasteiger partial charge in [-0.3, -0.25) is 4.79 Å². The molecule has 2 atom stereocenters. The molecule has 2 unspecified atom stereocenters. The summed E-state index contributed by atoms with van der Waals surface area (Å²) < 4.78 is 15.5. The van der Waals surface area contributed by atoms with E-state index in [1.165, 1.54) is 6.07 Å². The van der Waals surface area contributed by atoms with Crippen LogP contribution in [0.3, 0.4) is 0 Å². The minimum Gasteiger partial charge on any atom is -0.392 e. The van der Waals surface area contributed by atoms with Crippen molar-refractivity contribution in [3.63, 3.8) is 0 Å². The second-order valence-electron chi connectivity index (χ2n) is 5.84. The van der Waals surface area contributed by atoms with Crippen LogP contribution in [0.5, 0.6) is 0 Å². The van der Waals surface area contributed by atoms with Gasteiger partial charge in [-0.25, -0.2) is 9.37 Å². The summed E-state index contributed by atoms with van der Waals surface area (Å²) in [6, 6.07) is 4.87. The van der Waals surface area contributed by atoms with Crippen LogP contribution in [0, 0.1) is 11.7 Å². The molecule has 1 amide bonds. The van der Waals surface area contributed by atoms with Crippen molar-refractivity contribution in [3.8, 4) is 0 Å². The lowest BCUT2D eigenvalue weighted by atomic mass is 10.1. The van der Waals surface area contributed by atoms with Crippen molar-refractivity contribution in [1.82, 2.24) is 14.9 Å². The van der Waals surface area contributed by atoms with Crippen molar-refractivity contribution in [1.29, 1.82) is 0 Å². The van der Waals surface area contributed by atoms with Crippen molar-refractivity contribution in [2.24, 2.45) is 13.0 Å². The number of aliphatic hydroxyl groups is 1. The maximum absolute atomic E-state index is 13.7. The second-order valence-corrected chi connectivity index (χ2v) is 5.84. The third-order valence-electron chi connectivity index (χ3n) is 4.42. The van der Waals surface area contributed by atoms with E-state index in [2.05, 4.69) is 10.3 Å². The summed E-state index contributed by atoms with van der Waals surface area (Å²) in [6.45, 7) is 0.431. The van der Waals surface area contributed by atoms with E-state index in [0.717, 1.165) is 24.2 Å². The molecule has 0 aliphatic heterocycles. The normalized spacial score (nSPS) is 21.4. The molecule has 0 spiro atoms. The highest BCUT2D eigenvalue weighted by molar-refractivity contribution is 5.79. The molecule has 2 N–H and O–H groups in total. The molecule has 0 radical (unpaired) electrons. The Morgan fingerprint density at radius 1 is 1.50 bits per heavy atom. The first kappa shape index (κ1) is 15.0. The Kier molecular flexibility index (Phi) is 4.11. The van der Waals surface area contributed by atoms with Crippen molar-refractivity contribution in [2.45, 2.75) is 31.8 Å². The molecule has 2 aromatic rings. The van der Waals surface area contributed by atoms with Crippen molar-refractivity contribution < 1.29 is 14.3 Å². The van der Waals surface area contributed by atoms with Crippen LogP contribution in [0.2, 0.25) is 0 Å². The lowest BCUT2D eigenvalue weighted by Crippen LogP contribution is -2.36. The number of hydrogen-bond acceptors (Lipinski definition) is 3. The smallest absolute Gasteiger partial charge is 0.225 e. The van der Waals surface area contributed by atoms with Gasteiger partial charge in [0.15, 0.2) is 5.82 Å². The van der Waals surface area contributed by atoms with Gasteiger partial charge >= 0.3 is 0 Å². The maximum Gasteiger partial charge on any atom is 0.225 e. The number of imidazole rings is 1. The average molecular weight is 305 g/mol. The quantitative estimate of drug-likeness (QED) is 0.900. The maximum atomic E-state index is 13.7. The van der Waals surface area contributed by atoms with Crippen molar-refractivity contribution >= 4 is 16.9 Å². The molecule has 118 valence electrons. The molecule has 1 aromatic carbocycles. The molecule has 1 fully saturated rings. The van der Waals surface area contributed by atoms with Gasteiger partial charge in [-0.15, -0.1) is 0 Å². The minimum absolute atomic E-state index is 0.102. The number of aromatic nitrogens is 2. The predicted molar refractivity (Wildman–Crippen MR) is 80.7 cm³/mol. The first-order valence-electron chi connectivity index (χ1n) is 7.63. The number of aryl methyl sites for hydroxylation is 1. The zero-order chi connectivity index (χ0) is 15.7. The molecule has 0 bridgehead atoms. The summed E-state index contributed by atoms with van der Waals surface area (Å²) in [4.78, 5) is 16.3. The van der Waals surface area contributed by atoms with Gasteiger partial charge in [-0.2, -0.15) is 0 Å². The molecular weight excluding hydrogens is 285 g/mol. The molecule has 1 aliphatic carbocycles. The highest BCUT2D eigenvalue weighted by Crippen LogP contribution is 2.25. The van der Waals surface area contributed by atoms with E-state index in [-0.39, 0.29) is 17.6 Å². The monoisotopic (exact) mass is 305 g/mol. The van der Waals surface area contributed by atoms with Gasteiger partial charge in [0.2, 0.25) is 5.91 Å². The fourth-order valence-electron chi connectivity index (χ4n) is 3.13. The molecule has 3 rings (SSSR count). The minimum atomic E-state index is -0.523. The van der Waals surface area contributed by atoms with Crippen LogP contribution >= 0.6 is 0 Å². The Morgan fingerprint density at radius 3 is 3.00 bits per heavy atom. The number of nitrogens with zero attached hydrogens (tertiary/aromatic N) is 2. The number of hydrogen-bond donors (Lipinski definition) is 2. The van der Waals surface area contributed by atoms with Crippen LogP contribution < -0.4 is 5.32 Å². The Hall–Kier alpha value is -1.95.